The topological polar surface area (TPSA) is 50.9 Å². The molecule has 0 saturated carbocycles. The second-order valence-corrected chi connectivity index (χ2v) is 5.17. The van der Waals surface area contributed by atoms with Gasteiger partial charge >= 0.3 is 0 Å². The number of aromatic nitrogens is 3. The molecule has 0 atom stereocenters. The Kier molecular flexibility index (Phi) is 4.18. The average molecular weight is 318 g/mol. The Hall–Kier alpha value is -2.24. The zero-order valence-electron chi connectivity index (χ0n) is 11.6. The molecule has 1 aromatic heterocycles. The van der Waals surface area contributed by atoms with Crippen LogP contribution in [0.4, 0.5) is 4.39 Å². The minimum Gasteiger partial charge on any atom is -0.390 e. The Morgan fingerprint density at radius 1 is 1.09 bits per heavy atom. The molecule has 0 unspecified atom stereocenters. The fraction of sp³-hybridized carbons (Fsp3) is 0.125. The highest BCUT2D eigenvalue weighted by Gasteiger charge is 2.16. The lowest BCUT2D eigenvalue weighted by molar-refractivity contribution is 0.277. The number of rotatable bonds is 4. The van der Waals surface area contributed by atoms with E-state index in [1.807, 2.05) is 30.3 Å². The summed E-state index contributed by atoms with van der Waals surface area (Å²) in [5.74, 6) is -0.396. The van der Waals surface area contributed by atoms with Crippen LogP contribution in [0.2, 0.25) is 5.02 Å². The van der Waals surface area contributed by atoms with Gasteiger partial charge in [-0.3, -0.25) is 0 Å². The minimum absolute atomic E-state index is 0.142. The summed E-state index contributed by atoms with van der Waals surface area (Å²) in [6.45, 7) is -0.0992. The van der Waals surface area contributed by atoms with Gasteiger partial charge in [-0.05, 0) is 12.1 Å². The maximum absolute atomic E-state index is 14.0. The molecule has 22 heavy (non-hydrogen) atoms. The van der Waals surface area contributed by atoms with Gasteiger partial charge in [0.1, 0.15) is 11.5 Å². The fourth-order valence-corrected chi connectivity index (χ4v) is 2.53. The van der Waals surface area contributed by atoms with E-state index in [1.54, 1.807) is 16.8 Å². The van der Waals surface area contributed by atoms with E-state index in [0.717, 1.165) is 5.56 Å². The number of halogens is 2. The van der Waals surface area contributed by atoms with E-state index < -0.39 is 5.82 Å². The fourth-order valence-electron chi connectivity index (χ4n) is 2.31. The quantitative estimate of drug-likeness (QED) is 0.803. The van der Waals surface area contributed by atoms with Gasteiger partial charge in [0.05, 0.1) is 18.8 Å². The predicted molar refractivity (Wildman–Crippen MR) is 81.9 cm³/mol. The molecule has 0 fully saturated rings. The van der Waals surface area contributed by atoms with Crippen molar-refractivity contribution in [2.75, 3.05) is 0 Å². The van der Waals surface area contributed by atoms with Crippen molar-refractivity contribution in [2.45, 2.75) is 13.2 Å². The molecule has 0 spiro atoms. The van der Waals surface area contributed by atoms with Crippen molar-refractivity contribution < 1.29 is 9.50 Å². The predicted octanol–water partition coefficient (Wildman–Crippen LogP) is 3.28. The third kappa shape index (κ3) is 2.73. The van der Waals surface area contributed by atoms with Crippen molar-refractivity contribution in [1.82, 2.24) is 15.0 Å². The first-order chi connectivity index (χ1) is 10.7. The Morgan fingerprint density at radius 3 is 2.55 bits per heavy atom. The van der Waals surface area contributed by atoms with Gasteiger partial charge in [0, 0.05) is 16.1 Å². The summed E-state index contributed by atoms with van der Waals surface area (Å²) in [6.07, 6.45) is 0. The molecule has 0 aliphatic carbocycles. The standard InChI is InChI=1S/C16H13ClFN3O/c17-13-7-4-8-14(18)12(13)9-21-16(15(10-22)19-20-21)11-5-2-1-3-6-11/h1-8,22H,9-10H2. The molecular weight excluding hydrogens is 305 g/mol. The lowest BCUT2D eigenvalue weighted by atomic mass is 10.1. The number of nitrogens with zero attached hydrogens (tertiary/aromatic N) is 3. The minimum atomic E-state index is -0.396. The van der Waals surface area contributed by atoms with Crippen molar-refractivity contribution >= 4 is 11.6 Å². The first-order valence-corrected chi connectivity index (χ1v) is 7.10. The summed E-state index contributed by atoms with van der Waals surface area (Å²) in [4.78, 5) is 0. The van der Waals surface area contributed by atoms with Crippen molar-refractivity contribution in [3.63, 3.8) is 0 Å². The highest BCUT2D eigenvalue weighted by Crippen LogP contribution is 2.25. The summed E-state index contributed by atoms with van der Waals surface area (Å²) < 4.78 is 15.5. The normalized spacial score (nSPS) is 10.9. The highest BCUT2D eigenvalue weighted by molar-refractivity contribution is 6.31. The van der Waals surface area contributed by atoms with E-state index in [9.17, 15) is 9.50 Å². The van der Waals surface area contributed by atoms with Crippen molar-refractivity contribution in [3.8, 4) is 11.3 Å². The lowest BCUT2D eigenvalue weighted by Crippen LogP contribution is -2.07. The van der Waals surface area contributed by atoms with Gasteiger partial charge in [0.15, 0.2) is 0 Å². The van der Waals surface area contributed by atoms with Gasteiger partial charge < -0.3 is 5.11 Å². The molecule has 112 valence electrons. The third-order valence-corrected chi connectivity index (χ3v) is 3.73. The van der Waals surface area contributed by atoms with Crippen LogP contribution < -0.4 is 0 Å². The highest BCUT2D eigenvalue weighted by atomic mass is 35.5. The third-order valence-electron chi connectivity index (χ3n) is 3.37. The number of hydrogen-bond donors (Lipinski definition) is 1. The van der Waals surface area contributed by atoms with Crippen LogP contribution in [0.25, 0.3) is 11.3 Å². The van der Waals surface area contributed by atoms with E-state index in [1.165, 1.54) is 6.07 Å². The molecule has 0 aliphatic heterocycles. The van der Waals surface area contributed by atoms with E-state index in [-0.39, 0.29) is 13.2 Å². The summed E-state index contributed by atoms with van der Waals surface area (Å²) in [7, 11) is 0. The Labute approximate surface area is 131 Å². The van der Waals surface area contributed by atoms with Gasteiger partial charge in [0.25, 0.3) is 0 Å². The zero-order valence-corrected chi connectivity index (χ0v) is 12.3. The van der Waals surface area contributed by atoms with E-state index >= 15 is 0 Å². The molecule has 3 rings (SSSR count). The molecule has 0 bridgehead atoms. The van der Waals surface area contributed by atoms with Gasteiger partial charge in [-0.25, -0.2) is 9.07 Å². The smallest absolute Gasteiger partial charge is 0.129 e. The summed E-state index contributed by atoms with van der Waals surface area (Å²) in [5.41, 5.74) is 2.29. The maximum atomic E-state index is 14.0. The maximum Gasteiger partial charge on any atom is 0.129 e. The average Bonchev–Trinajstić information content (AvgIpc) is 2.94. The molecule has 0 radical (unpaired) electrons. The van der Waals surface area contributed by atoms with E-state index in [0.29, 0.717) is 22.0 Å². The van der Waals surface area contributed by atoms with Crippen LogP contribution in [0, 0.1) is 5.82 Å². The van der Waals surface area contributed by atoms with Gasteiger partial charge in [-0.2, -0.15) is 0 Å². The van der Waals surface area contributed by atoms with Crippen molar-refractivity contribution in [3.05, 3.63) is 70.6 Å². The molecule has 1 heterocycles. The molecule has 0 saturated heterocycles. The number of aliphatic hydroxyl groups is 1. The van der Waals surface area contributed by atoms with Crippen LogP contribution in [0.1, 0.15) is 11.3 Å². The van der Waals surface area contributed by atoms with Gasteiger partial charge in [0.2, 0.25) is 0 Å². The van der Waals surface area contributed by atoms with Crippen LogP contribution in [0.5, 0.6) is 0 Å². The van der Waals surface area contributed by atoms with Crippen molar-refractivity contribution in [1.29, 1.82) is 0 Å². The number of benzene rings is 2. The largest absolute Gasteiger partial charge is 0.390 e. The van der Waals surface area contributed by atoms with E-state index in [2.05, 4.69) is 10.3 Å². The SMILES string of the molecule is OCc1nnn(Cc2c(F)cccc2Cl)c1-c1ccccc1. The Morgan fingerprint density at radius 2 is 1.86 bits per heavy atom. The molecular formula is C16H13ClFN3O. The molecule has 0 amide bonds. The molecule has 0 aliphatic rings. The molecule has 4 nitrogen and oxygen atoms in total. The molecule has 2 aromatic carbocycles. The second-order valence-electron chi connectivity index (χ2n) is 4.77. The summed E-state index contributed by atoms with van der Waals surface area (Å²) in [5, 5.41) is 17.8. The number of aliphatic hydroxyl groups excluding tert-OH is 1. The van der Waals surface area contributed by atoms with Crippen LogP contribution >= 0.6 is 11.6 Å². The van der Waals surface area contributed by atoms with Crippen molar-refractivity contribution in [2.24, 2.45) is 0 Å². The first-order valence-electron chi connectivity index (χ1n) is 6.72. The zero-order chi connectivity index (χ0) is 15.5. The summed E-state index contributed by atoms with van der Waals surface area (Å²) in [6, 6.07) is 14.0. The van der Waals surface area contributed by atoms with Crippen LogP contribution in [-0.2, 0) is 13.2 Å². The summed E-state index contributed by atoms with van der Waals surface area (Å²) >= 11 is 6.07. The van der Waals surface area contributed by atoms with Crippen LogP contribution in [0.15, 0.2) is 48.5 Å². The Bertz CT molecular complexity index is 769. The number of hydrogen-bond acceptors (Lipinski definition) is 3. The second kappa shape index (κ2) is 6.25. The van der Waals surface area contributed by atoms with Gasteiger partial charge in [-0.1, -0.05) is 53.2 Å². The molecule has 1 N–H and O–H groups in total. The molecule has 6 heteroatoms. The lowest BCUT2D eigenvalue weighted by Gasteiger charge is -2.10. The van der Waals surface area contributed by atoms with E-state index in [4.69, 9.17) is 11.6 Å². The molecule has 3 aromatic rings. The first kappa shape index (κ1) is 14.7. The van der Waals surface area contributed by atoms with Crippen LogP contribution in [0.3, 0.4) is 0 Å². The Balaban J connectivity index is 2.07. The van der Waals surface area contributed by atoms with Crippen LogP contribution in [-0.4, -0.2) is 20.1 Å². The monoisotopic (exact) mass is 317 g/mol. The van der Waals surface area contributed by atoms with Gasteiger partial charge in [-0.15, -0.1) is 5.10 Å².